The highest BCUT2D eigenvalue weighted by Crippen LogP contribution is 2.31. The third kappa shape index (κ3) is 6.72. The van der Waals surface area contributed by atoms with Crippen molar-refractivity contribution in [2.24, 2.45) is 11.5 Å². The molecule has 0 saturated heterocycles. The Balaban J connectivity index is 0.000000238. The first-order valence-corrected chi connectivity index (χ1v) is 7.98. The van der Waals surface area contributed by atoms with E-state index < -0.39 is 11.7 Å². The Bertz CT molecular complexity index is 600. The third-order valence-corrected chi connectivity index (χ3v) is 3.88. The molecule has 0 saturated carbocycles. The van der Waals surface area contributed by atoms with Crippen LogP contribution in [0.1, 0.15) is 16.7 Å². The predicted molar refractivity (Wildman–Crippen MR) is 91.1 cm³/mol. The second-order valence-corrected chi connectivity index (χ2v) is 5.68. The maximum atomic E-state index is 12.3. The molecule has 0 spiro atoms. The molecular formula is C17H20BrF3N2. The fourth-order valence-electron chi connectivity index (χ4n) is 2.03. The Kier molecular flexibility index (Phi) is 8.30. The summed E-state index contributed by atoms with van der Waals surface area (Å²) in [5.41, 5.74) is 11.6. The van der Waals surface area contributed by atoms with Crippen molar-refractivity contribution in [1.82, 2.24) is 0 Å². The largest absolute Gasteiger partial charge is 0.416 e. The van der Waals surface area contributed by atoms with Crippen molar-refractivity contribution in [2.75, 3.05) is 13.1 Å². The first-order chi connectivity index (χ1) is 10.9. The Morgan fingerprint density at radius 1 is 0.783 bits per heavy atom. The van der Waals surface area contributed by atoms with Gasteiger partial charge in [0.1, 0.15) is 0 Å². The molecule has 0 aliphatic rings. The fourth-order valence-corrected chi connectivity index (χ4v) is 2.51. The van der Waals surface area contributed by atoms with Gasteiger partial charge in [-0.05, 0) is 49.2 Å². The molecule has 6 heteroatoms. The second kappa shape index (κ2) is 9.70. The van der Waals surface area contributed by atoms with Crippen LogP contribution >= 0.6 is 15.9 Å². The van der Waals surface area contributed by atoms with Gasteiger partial charge in [-0.2, -0.15) is 13.2 Å². The van der Waals surface area contributed by atoms with Crippen molar-refractivity contribution in [3.05, 3.63) is 69.7 Å². The smallest absolute Gasteiger partial charge is 0.330 e. The van der Waals surface area contributed by atoms with Gasteiger partial charge in [-0.3, -0.25) is 0 Å². The molecule has 0 amide bonds. The average molecular weight is 389 g/mol. The maximum Gasteiger partial charge on any atom is 0.416 e. The molecule has 126 valence electrons. The van der Waals surface area contributed by atoms with Crippen molar-refractivity contribution in [3.63, 3.8) is 0 Å². The van der Waals surface area contributed by atoms with E-state index in [9.17, 15) is 13.2 Å². The molecule has 0 aromatic heterocycles. The lowest BCUT2D eigenvalue weighted by Crippen LogP contribution is -2.12. The highest BCUT2D eigenvalue weighted by molar-refractivity contribution is 9.10. The average Bonchev–Trinajstić information content (AvgIpc) is 2.50. The summed E-state index contributed by atoms with van der Waals surface area (Å²) in [6.45, 7) is 0.940. The highest BCUT2D eigenvalue weighted by atomic mass is 79.9. The van der Waals surface area contributed by atoms with Gasteiger partial charge in [0.25, 0.3) is 0 Å². The zero-order chi connectivity index (χ0) is 17.3. The van der Waals surface area contributed by atoms with E-state index >= 15 is 0 Å². The van der Waals surface area contributed by atoms with E-state index in [2.05, 4.69) is 22.0 Å². The lowest BCUT2D eigenvalue weighted by molar-refractivity contribution is -0.138. The molecule has 0 heterocycles. The standard InChI is InChI=1S/C9H10F3N.C8H10BrN/c10-9(11,12)8-4-2-1-3-7(8)5-6-13;9-8-4-2-1-3-7(8)5-6-10/h1-4H,5-6,13H2;1-4H,5-6,10H2. The zero-order valence-corrected chi connectivity index (χ0v) is 14.2. The zero-order valence-electron chi connectivity index (χ0n) is 12.6. The molecule has 0 unspecified atom stereocenters. The number of alkyl halides is 3. The van der Waals surface area contributed by atoms with Crippen molar-refractivity contribution >= 4 is 15.9 Å². The lowest BCUT2D eigenvalue weighted by Gasteiger charge is -2.11. The lowest BCUT2D eigenvalue weighted by atomic mass is 10.0. The van der Waals surface area contributed by atoms with Crippen LogP contribution in [0.15, 0.2) is 53.0 Å². The number of halogens is 4. The van der Waals surface area contributed by atoms with E-state index in [1.807, 2.05) is 18.2 Å². The molecule has 0 aliphatic carbocycles. The van der Waals surface area contributed by atoms with Gasteiger partial charge in [0.15, 0.2) is 0 Å². The quantitative estimate of drug-likeness (QED) is 0.825. The van der Waals surface area contributed by atoms with Crippen LogP contribution in [0.3, 0.4) is 0 Å². The Morgan fingerprint density at radius 2 is 1.26 bits per heavy atom. The summed E-state index contributed by atoms with van der Waals surface area (Å²) in [5, 5.41) is 0. The normalized spacial score (nSPS) is 10.9. The molecule has 2 aromatic rings. The van der Waals surface area contributed by atoms with Crippen molar-refractivity contribution in [3.8, 4) is 0 Å². The summed E-state index contributed by atoms with van der Waals surface area (Å²) in [4.78, 5) is 0. The minimum Gasteiger partial charge on any atom is -0.330 e. The van der Waals surface area contributed by atoms with Crippen LogP contribution in [0, 0.1) is 0 Å². The van der Waals surface area contributed by atoms with Gasteiger partial charge in [0.2, 0.25) is 0 Å². The molecule has 4 N–H and O–H groups in total. The Morgan fingerprint density at radius 3 is 1.78 bits per heavy atom. The summed E-state index contributed by atoms with van der Waals surface area (Å²) < 4.78 is 38.1. The second-order valence-electron chi connectivity index (χ2n) is 4.82. The van der Waals surface area contributed by atoms with Crippen LogP contribution in [0.2, 0.25) is 0 Å². The van der Waals surface area contributed by atoms with E-state index in [1.165, 1.54) is 17.7 Å². The number of nitrogens with two attached hydrogens (primary N) is 2. The molecular weight excluding hydrogens is 369 g/mol. The van der Waals surface area contributed by atoms with Gasteiger partial charge in [-0.1, -0.05) is 52.3 Å². The number of benzene rings is 2. The summed E-state index contributed by atoms with van der Waals surface area (Å²) >= 11 is 3.44. The summed E-state index contributed by atoms with van der Waals surface area (Å²) in [7, 11) is 0. The van der Waals surface area contributed by atoms with E-state index in [0.717, 1.165) is 17.0 Å². The highest BCUT2D eigenvalue weighted by Gasteiger charge is 2.32. The topological polar surface area (TPSA) is 52.0 Å². The summed E-state index contributed by atoms with van der Waals surface area (Å²) in [6, 6.07) is 13.6. The van der Waals surface area contributed by atoms with Gasteiger partial charge in [0, 0.05) is 4.47 Å². The van der Waals surface area contributed by atoms with E-state index in [0.29, 0.717) is 6.54 Å². The van der Waals surface area contributed by atoms with Crippen LogP contribution in [0.25, 0.3) is 0 Å². The summed E-state index contributed by atoms with van der Waals surface area (Å²) in [6.07, 6.45) is -3.07. The van der Waals surface area contributed by atoms with Crippen molar-refractivity contribution in [2.45, 2.75) is 19.0 Å². The van der Waals surface area contributed by atoms with Crippen LogP contribution in [-0.2, 0) is 19.0 Å². The van der Waals surface area contributed by atoms with Gasteiger partial charge in [0.05, 0.1) is 5.56 Å². The van der Waals surface area contributed by atoms with Crippen LogP contribution in [0.4, 0.5) is 13.2 Å². The molecule has 0 bridgehead atoms. The SMILES string of the molecule is NCCc1ccccc1Br.NCCc1ccccc1C(F)(F)F. The third-order valence-electron chi connectivity index (χ3n) is 3.11. The van der Waals surface area contributed by atoms with Crippen molar-refractivity contribution in [1.29, 1.82) is 0 Å². The molecule has 0 radical (unpaired) electrons. The van der Waals surface area contributed by atoms with E-state index in [-0.39, 0.29) is 18.5 Å². The molecule has 2 rings (SSSR count). The predicted octanol–water partition coefficient (Wildman–Crippen LogP) is 4.16. The van der Waals surface area contributed by atoms with E-state index in [1.54, 1.807) is 6.07 Å². The van der Waals surface area contributed by atoms with Crippen LogP contribution in [0.5, 0.6) is 0 Å². The van der Waals surface area contributed by atoms with E-state index in [4.69, 9.17) is 11.5 Å². The van der Waals surface area contributed by atoms with Crippen molar-refractivity contribution < 1.29 is 13.2 Å². The number of hydrogen-bond donors (Lipinski definition) is 2. The first-order valence-electron chi connectivity index (χ1n) is 7.18. The molecule has 2 aromatic carbocycles. The summed E-state index contributed by atoms with van der Waals surface area (Å²) in [5.74, 6) is 0. The number of rotatable bonds is 4. The van der Waals surface area contributed by atoms with Crippen LogP contribution in [-0.4, -0.2) is 13.1 Å². The van der Waals surface area contributed by atoms with Gasteiger partial charge in [-0.25, -0.2) is 0 Å². The minimum atomic E-state index is -4.27. The number of hydrogen-bond acceptors (Lipinski definition) is 2. The molecule has 0 fully saturated rings. The molecule has 23 heavy (non-hydrogen) atoms. The van der Waals surface area contributed by atoms with Crippen LogP contribution < -0.4 is 11.5 Å². The monoisotopic (exact) mass is 388 g/mol. The van der Waals surface area contributed by atoms with Gasteiger partial charge < -0.3 is 11.5 Å². The van der Waals surface area contributed by atoms with Gasteiger partial charge >= 0.3 is 6.18 Å². The fraction of sp³-hybridized carbons (Fsp3) is 0.294. The first kappa shape index (κ1) is 19.7. The molecule has 0 aliphatic heterocycles. The minimum absolute atomic E-state index is 0.229. The molecule has 2 nitrogen and oxygen atoms in total. The Labute approximate surface area is 142 Å². The Hall–Kier alpha value is -1.37. The van der Waals surface area contributed by atoms with Gasteiger partial charge in [-0.15, -0.1) is 0 Å². The molecule has 0 atom stereocenters. The maximum absolute atomic E-state index is 12.3.